The van der Waals surface area contributed by atoms with E-state index in [0.29, 0.717) is 13.1 Å². The van der Waals surface area contributed by atoms with Gasteiger partial charge in [0.25, 0.3) is 0 Å². The Morgan fingerprint density at radius 2 is 1.97 bits per heavy atom. The summed E-state index contributed by atoms with van der Waals surface area (Å²) in [5.74, 6) is 0.480. The van der Waals surface area contributed by atoms with E-state index in [1.807, 2.05) is 65.5 Å². The number of fused-ring (bicyclic) bond motifs is 2. The maximum atomic E-state index is 13.5. The fraction of sp³-hybridized carbons (Fsp3) is 0.0800. The number of nitrogens with zero attached hydrogens (tertiary/aromatic N) is 4. The van der Waals surface area contributed by atoms with Crippen LogP contribution in [0.15, 0.2) is 79.3 Å². The zero-order valence-corrected chi connectivity index (χ0v) is 17.2. The summed E-state index contributed by atoms with van der Waals surface area (Å²) in [5.41, 5.74) is 10.2. The molecule has 2 aromatic heterocycles. The largest absolute Gasteiger partial charge is 0.340 e. The molecule has 0 spiro atoms. The lowest BCUT2D eigenvalue weighted by atomic mass is 10.1. The van der Waals surface area contributed by atoms with E-state index < -0.39 is 0 Å². The quantitative estimate of drug-likeness (QED) is 0.406. The molecule has 3 N–H and O–H groups in total. The molecule has 3 aromatic carbocycles. The van der Waals surface area contributed by atoms with E-state index in [-0.39, 0.29) is 5.82 Å². The van der Waals surface area contributed by atoms with Crippen LogP contribution in [0.5, 0.6) is 0 Å². The van der Waals surface area contributed by atoms with Crippen molar-refractivity contribution in [3.05, 3.63) is 96.2 Å². The summed E-state index contributed by atoms with van der Waals surface area (Å²) in [4.78, 5) is 8.81. The summed E-state index contributed by atoms with van der Waals surface area (Å²) < 4.78 is 15.4. The Bertz CT molecular complexity index is 1440. The van der Waals surface area contributed by atoms with Crippen LogP contribution in [0.1, 0.15) is 11.1 Å². The highest BCUT2D eigenvalue weighted by atomic mass is 19.1. The first-order chi connectivity index (χ1) is 15.7. The molecule has 5 aromatic rings. The molecule has 0 atom stereocenters. The van der Waals surface area contributed by atoms with Crippen molar-refractivity contribution in [1.82, 2.24) is 19.7 Å². The van der Waals surface area contributed by atoms with Gasteiger partial charge in [-0.1, -0.05) is 30.4 Å². The number of hydrogen-bond donors (Lipinski definition) is 2. The van der Waals surface area contributed by atoms with Gasteiger partial charge in [0.2, 0.25) is 0 Å². The molecule has 0 aliphatic rings. The maximum absolute atomic E-state index is 13.5. The van der Waals surface area contributed by atoms with E-state index in [1.165, 1.54) is 12.1 Å². The van der Waals surface area contributed by atoms with E-state index in [2.05, 4.69) is 20.4 Å². The molecule has 158 valence electrons. The minimum atomic E-state index is -0.246. The predicted molar refractivity (Wildman–Crippen MR) is 126 cm³/mol. The fourth-order valence-electron chi connectivity index (χ4n) is 3.72. The highest BCUT2D eigenvalue weighted by Crippen LogP contribution is 2.27. The Hall–Kier alpha value is -4.10. The monoisotopic (exact) mass is 424 g/mol. The van der Waals surface area contributed by atoms with Crippen LogP contribution in [-0.4, -0.2) is 26.3 Å². The lowest BCUT2D eigenvalue weighted by Crippen LogP contribution is -2.01. The molecule has 0 aliphatic carbocycles. The van der Waals surface area contributed by atoms with Gasteiger partial charge in [-0.05, 0) is 53.6 Å². The minimum Gasteiger partial charge on any atom is -0.340 e. The molecule has 5 rings (SSSR count). The second-order valence-electron chi connectivity index (χ2n) is 7.47. The van der Waals surface area contributed by atoms with Gasteiger partial charge in [-0.15, -0.1) is 0 Å². The van der Waals surface area contributed by atoms with Crippen molar-refractivity contribution in [2.75, 3.05) is 11.9 Å². The van der Waals surface area contributed by atoms with Gasteiger partial charge >= 0.3 is 0 Å². The van der Waals surface area contributed by atoms with Crippen molar-refractivity contribution < 1.29 is 4.39 Å². The minimum absolute atomic E-state index is 0.246. The Morgan fingerprint density at radius 1 is 1.03 bits per heavy atom. The van der Waals surface area contributed by atoms with Gasteiger partial charge in [-0.3, -0.25) is 4.68 Å². The summed E-state index contributed by atoms with van der Waals surface area (Å²) in [5, 5.41) is 9.79. The van der Waals surface area contributed by atoms with Gasteiger partial charge in [0.15, 0.2) is 0 Å². The van der Waals surface area contributed by atoms with Crippen molar-refractivity contribution in [1.29, 1.82) is 0 Å². The number of rotatable bonds is 6. The Morgan fingerprint density at radius 3 is 2.84 bits per heavy atom. The van der Waals surface area contributed by atoms with Crippen LogP contribution in [0.4, 0.5) is 15.9 Å². The number of nitrogens with two attached hydrogens (primary N) is 1. The number of nitrogens with one attached hydrogen (secondary N) is 1. The first-order valence-electron chi connectivity index (χ1n) is 10.3. The lowest BCUT2D eigenvalue weighted by molar-refractivity contribution is 0.621. The van der Waals surface area contributed by atoms with E-state index >= 15 is 0 Å². The SMILES string of the molecule is NC/C=C/c1ccc2ncnc(Nc3ccc4c(cnn4Cc4cccc(F)c4)c3)c2c1. The van der Waals surface area contributed by atoms with Crippen LogP contribution in [0.3, 0.4) is 0 Å². The Labute approximate surface area is 184 Å². The number of halogens is 1. The topological polar surface area (TPSA) is 81.7 Å². The molecule has 7 heteroatoms. The van der Waals surface area contributed by atoms with Crippen LogP contribution in [0.2, 0.25) is 0 Å². The molecule has 32 heavy (non-hydrogen) atoms. The molecule has 0 fully saturated rings. The maximum Gasteiger partial charge on any atom is 0.141 e. The van der Waals surface area contributed by atoms with Crippen molar-refractivity contribution in [3.8, 4) is 0 Å². The average Bonchev–Trinajstić information content (AvgIpc) is 3.20. The third kappa shape index (κ3) is 4.06. The van der Waals surface area contributed by atoms with E-state index in [1.54, 1.807) is 12.4 Å². The van der Waals surface area contributed by atoms with Crippen LogP contribution < -0.4 is 11.1 Å². The molecule has 0 aliphatic heterocycles. The van der Waals surface area contributed by atoms with Gasteiger partial charge in [-0.25, -0.2) is 14.4 Å². The summed E-state index contributed by atoms with van der Waals surface area (Å²) in [7, 11) is 0. The van der Waals surface area contributed by atoms with E-state index in [9.17, 15) is 4.39 Å². The van der Waals surface area contributed by atoms with Gasteiger partial charge in [0, 0.05) is 23.0 Å². The summed E-state index contributed by atoms with van der Waals surface area (Å²) in [6.45, 7) is 0.991. The van der Waals surface area contributed by atoms with Crippen LogP contribution in [-0.2, 0) is 6.54 Å². The molecule has 0 bridgehead atoms. The second-order valence-corrected chi connectivity index (χ2v) is 7.47. The molecule has 2 heterocycles. The van der Waals surface area contributed by atoms with Crippen molar-refractivity contribution in [2.24, 2.45) is 5.73 Å². The third-order valence-electron chi connectivity index (χ3n) is 5.23. The number of benzene rings is 3. The Kier molecular flexibility index (Phi) is 5.31. The van der Waals surface area contributed by atoms with E-state index in [4.69, 9.17) is 5.73 Å². The zero-order chi connectivity index (χ0) is 21.9. The fourth-order valence-corrected chi connectivity index (χ4v) is 3.72. The third-order valence-corrected chi connectivity index (χ3v) is 5.23. The van der Waals surface area contributed by atoms with Gasteiger partial charge < -0.3 is 11.1 Å². The van der Waals surface area contributed by atoms with E-state index in [0.717, 1.165) is 44.4 Å². The van der Waals surface area contributed by atoms with Gasteiger partial charge in [0.05, 0.1) is 23.8 Å². The molecule has 0 unspecified atom stereocenters. The van der Waals surface area contributed by atoms with Crippen molar-refractivity contribution in [3.63, 3.8) is 0 Å². The Balaban J connectivity index is 1.44. The number of anilines is 2. The van der Waals surface area contributed by atoms with Crippen LogP contribution in [0.25, 0.3) is 27.9 Å². The highest BCUT2D eigenvalue weighted by molar-refractivity contribution is 5.93. The first kappa shape index (κ1) is 19.8. The summed E-state index contributed by atoms with van der Waals surface area (Å²) >= 11 is 0. The molecule has 0 amide bonds. The molecule has 0 saturated carbocycles. The predicted octanol–water partition coefficient (Wildman–Crippen LogP) is 4.88. The smallest absolute Gasteiger partial charge is 0.141 e. The number of aromatic nitrogens is 4. The van der Waals surface area contributed by atoms with Crippen molar-refractivity contribution >= 4 is 39.4 Å². The van der Waals surface area contributed by atoms with Crippen LogP contribution in [0, 0.1) is 5.82 Å². The van der Waals surface area contributed by atoms with Crippen molar-refractivity contribution in [2.45, 2.75) is 6.54 Å². The molecule has 6 nitrogen and oxygen atoms in total. The normalized spacial score (nSPS) is 11.6. The molecular weight excluding hydrogens is 403 g/mol. The van der Waals surface area contributed by atoms with Crippen LogP contribution >= 0.6 is 0 Å². The summed E-state index contributed by atoms with van der Waals surface area (Å²) in [6.07, 6.45) is 7.26. The average molecular weight is 424 g/mol. The highest BCUT2D eigenvalue weighted by Gasteiger charge is 2.08. The summed E-state index contributed by atoms with van der Waals surface area (Å²) in [6, 6.07) is 18.6. The molecule has 0 radical (unpaired) electrons. The number of hydrogen-bond acceptors (Lipinski definition) is 5. The zero-order valence-electron chi connectivity index (χ0n) is 17.2. The van der Waals surface area contributed by atoms with Gasteiger partial charge in [0.1, 0.15) is 18.0 Å². The van der Waals surface area contributed by atoms with Gasteiger partial charge in [-0.2, -0.15) is 5.10 Å². The standard InChI is InChI=1S/C25H21FN6/c26-20-5-1-3-18(11-20)15-32-24-9-7-21(13-19(24)14-30-32)31-25-22-12-17(4-2-10-27)6-8-23(22)28-16-29-25/h1-9,11-14,16H,10,15,27H2,(H,28,29,31)/b4-2+. The first-order valence-corrected chi connectivity index (χ1v) is 10.3. The molecule has 0 saturated heterocycles. The molecular formula is C25H21FN6. The second kappa shape index (κ2) is 8.56. The lowest BCUT2D eigenvalue weighted by Gasteiger charge is -2.10.